The van der Waals surface area contributed by atoms with Crippen LogP contribution in [0.1, 0.15) is 36.6 Å². The maximum Gasteiger partial charge on any atom is 0.307 e. The molecule has 1 heterocycles. The molecular formula is C21H24N2O3S. The smallest absolute Gasteiger partial charge is 0.307 e. The summed E-state index contributed by atoms with van der Waals surface area (Å²) in [6.07, 6.45) is 6.70. The molecule has 2 N–H and O–H groups in total. The van der Waals surface area contributed by atoms with Gasteiger partial charge in [-0.1, -0.05) is 49.8 Å². The molecule has 0 spiro atoms. The SMILES string of the molecule is CCCc1ccc(-c2nc(NC(=O)C3CC=CCC3C(=O)O)sc2C)cc1. The number of allylic oxidation sites excluding steroid dienone is 2. The van der Waals surface area contributed by atoms with E-state index in [2.05, 4.69) is 41.5 Å². The highest BCUT2D eigenvalue weighted by Gasteiger charge is 2.34. The van der Waals surface area contributed by atoms with E-state index in [9.17, 15) is 14.7 Å². The summed E-state index contributed by atoms with van der Waals surface area (Å²) in [6, 6.07) is 8.35. The largest absolute Gasteiger partial charge is 0.481 e. The van der Waals surface area contributed by atoms with Gasteiger partial charge in [0, 0.05) is 10.4 Å². The van der Waals surface area contributed by atoms with Gasteiger partial charge in [0.15, 0.2) is 5.13 Å². The van der Waals surface area contributed by atoms with E-state index in [0.29, 0.717) is 18.0 Å². The molecule has 27 heavy (non-hydrogen) atoms. The fourth-order valence-electron chi connectivity index (χ4n) is 3.41. The number of benzene rings is 1. The number of carboxylic acids is 1. The van der Waals surface area contributed by atoms with Crippen molar-refractivity contribution in [1.29, 1.82) is 0 Å². The molecule has 3 rings (SSSR count). The highest BCUT2D eigenvalue weighted by molar-refractivity contribution is 7.16. The Bertz CT molecular complexity index is 855. The van der Waals surface area contributed by atoms with E-state index >= 15 is 0 Å². The van der Waals surface area contributed by atoms with Gasteiger partial charge in [-0.05, 0) is 31.7 Å². The van der Waals surface area contributed by atoms with Gasteiger partial charge in [0.2, 0.25) is 5.91 Å². The van der Waals surface area contributed by atoms with Crippen LogP contribution >= 0.6 is 11.3 Å². The molecule has 0 radical (unpaired) electrons. The van der Waals surface area contributed by atoms with Gasteiger partial charge < -0.3 is 10.4 Å². The number of nitrogens with one attached hydrogen (secondary N) is 1. The Morgan fingerprint density at radius 2 is 1.85 bits per heavy atom. The number of amides is 1. The lowest BCUT2D eigenvalue weighted by atomic mass is 9.82. The fraction of sp³-hybridized carbons (Fsp3) is 0.381. The van der Waals surface area contributed by atoms with E-state index in [1.54, 1.807) is 0 Å². The minimum Gasteiger partial charge on any atom is -0.481 e. The minimum absolute atomic E-state index is 0.273. The van der Waals surface area contributed by atoms with E-state index in [-0.39, 0.29) is 5.91 Å². The maximum atomic E-state index is 12.6. The van der Waals surface area contributed by atoms with Gasteiger partial charge in [-0.25, -0.2) is 4.98 Å². The van der Waals surface area contributed by atoms with Crippen molar-refractivity contribution < 1.29 is 14.7 Å². The van der Waals surface area contributed by atoms with Gasteiger partial charge >= 0.3 is 5.97 Å². The Balaban J connectivity index is 1.75. The number of hydrogen-bond acceptors (Lipinski definition) is 4. The van der Waals surface area contributed by atoms with Gasteiger partial charge in [-0.2, -0.15) is 0 Å². The monoisotopic (exact) mass is 384 g/mol. The molecule has 0 aliphatic heterocycles. The topological polar surface area (TPSA) is 79.3 Å². The van der Waals surface area contributed by atoms with Crippen molar-refractivity contribution in [3.05, 3.63) is 46.9 Å². The molecule has 1 aromatic carbocycles. The van der Waals surface area contributed by atoms with E-state index in [1.165, 1.54) is 16.9 Å². The van der Waals surface area contributed by atoms with Gasteiger partial charge in [-0.15, -0.1) is 11.3 Å². The lowest BCUT2D eigenvalue weighted by Gasteiger charge is -2.23. The highest BCUT2D eigenvalue weighted by Crippen LogP contribution is 2.32. The standard InChI is InChI=1S/C21H24N2O3S/c1-3-6-14-9-11-15(12-10-14)18-13(2)27-21(22-18)23-19(24)16-7-4-5-8-17(16)20(25)26/h4-5,9-12,16-17H,3,6-8H2,1-2H3,(H,25,26)(H,22,23,24). The lowest BCUT2D eigenvalue weighted by molar-refractivity contribution is -0.146. The molecule has 0 bridgehead atoms. The molecule has 1 aromatic heterocycles. The van der Waals surface area contributed by atoms with Crippen LogP contribution in [0, 0.1) is 18.8 Å². The Kier molecular flexibility index (Phi) is 6.06. The van der Waals surface area contributed by atoms with Crippen LogP contribution in [0.3, 0.4) is 0 Å². The van der Waals surface area contributed by atoms with Crippen LogP contribution in [-0.2, 0) is 16.0 Å². The summed E-state index contributed by atoms with van der Waals surface area (Å²) in [7, 11) is 0. The first-order valence-corrected chi connectivity index (χ1v) is 10.1. The third kappa shape index (κ3) is 4.45. The van der Waals surface area contributed by atoms with Gasteiger partial charge in [0.05, 0.1) is 17.5 Å². The number of thiazole rings is 1. The maximum absolute atomic E-state index is 12.6. The second-order valence-corrected chi connectivity index (χ2v) is 8.06. The summed E-state index contributed by atoms with van der Waals surface area (Å²) in [5, 5.41) is 12.7. The van der Waals surface area contributed by atoms with E-state index in [4.69, 9.17) is 0 Å². The first-order chi connectivity index (χ1) is 13.0. The van der Waals surface area contributed by atoms with Crippen molar-refractivity contribution in [2.45, 2.75) is 39.5 Å². The summed E-state index contributed by atoms with van der Waals surface area (Å²) < 4.78 is 0. The average molecular weight is 385 g/mol. The molecule has 2 aromatic rings. The van der Waals surface area contributed by atoms with Gasteiger partial charge in [-0.3, -0.25) is 9.59 Å². The first-order valence-electron chi connectivity index (χ1n) is 9.25. The molecule has 1 aliphatic carbocycles. The summed E-state index contributed by atoms with van der Waals surface area (Å²) >= 11 is 1.42. The molecule has 0 fully saturated rings. The molecule has 2 atom stereocenters. The number of anilines is 1. The predicted octanol–water partition coefficient (Wildman–Crippen LogP) is 4.68. The third-order valence-electron chi connectivity index (χ3n) is 4.88. The van der Waals surface area contributed by atoms with Crippen LogP contribution in [0.25, 0.3) is 11.3 Å². The summed E-state index contributed by atoms with van der Waals surface area (Å²) in [5.41, 5.74) is 3.18. The van der Waals surface area contributed by atoms with E-state index in [0.717, 1.165) is 29.0 Å². The van der Waals surface area contributed by atoms with Crippen molar-refractivity contribution in [3.63, 3.8) is 0 Å². The predicted molar refractivity (Wildman–Crippen MR) is 108 cm³/mol. The lowest BCUT2D eigenvalue weighted by Crippen LogP contribution is -2.34. The number of aryl methyl sites for hydroxylation is 2. The number of carbonyl (C=O) groups is 2. The molecule has 5 nitrogen and oxygen atoms in total. The summed E-state index contributed by atoms with van der Waals surface area (Å²) in [6.45, 7) is 4.14. The minimum atomic E-state index is -0.928. The molecular weight excluding hydrogens is 360 g/mol. The quantitative estimate of drug-likeness (QED) is 0.709. The van der Waals surface area contributed by atoms with Crippen LogP contribution in [-0.4, -0.2) is 22.0 Å². The Morgan fingerprint density at radius 1 is 1.19 bits per heavy atom. The number of nitrogens with zero attached hydrogens (tertiary/aromatic N) is 1. The number of rotatable bonds is 6. The van der Waals surface area contributed by atoms with Crippen molar-refractivity contribution in [2.75, 3.05) is 5.32 Å². The number of aliphatic carboxylic acids is 1. The fourth-order valence-corrected chi connectivity index (χ4v) is 4.25. The second kappa shape index (κ2) is 8.48. The Labute approximate surface area is 163 Å². The molecule has 142 valence electrons. The average Bonchev–Trinajstić information content (AvgIpc) is 3.02. The van der Waals surface area contributed by atoms with Gasteiger partial charge in [0.25, 0.3) is 0 Å². The van der Waals surface area contributed by atoms with Gasteiger partial charge in [0.1, 0.15) is 0 Å². The molecule has 1 amide bonds. The van der Waals surface area contributed by atoms with Crippen molar-refractivity contribution in [1.82, 2.24) is 4.98 Å². The summed E-state index contributed by atoms with van der Waals surface area (Å²) in [5.74, 6) is -2.44. The number of aromatic nitrogens is 1. The van der Waals surface area contributed by atoms with Crippen molar-refractivity contribution in [2.24, 2.45) is 11.8 Å². The zero-order valence-corrected chi connectivity index (χ0v) is 16.4. The molecule has 0 saturated heterocycles. The van der Waals surface area contributed by atoms with Crippen molar-refractivity contribution >= 4 is 28.3 Å². The van der Waals surface area contributed by atoms with E-state index < -0.39 is 17.8 Å². The Morgan fingerprint density at radius 3 is 2.48 bits per heavy atom. The number of carbonyl (C=O) groups excluding carboxylic acids is 1. The van der Waals surface area contributed by atoms with Crippen LogP contribution < -0.4 is 5.32 Å². The molecule has 0 saturated carbocycles. The Hall–Kier alpha value is -2.47. The molecule has 6 heteroatoms. The van der Waals surface area contributed by atoms with Crippen LogP contribution in [0.2, 0.25) is 0 Å². The van der Waals surface area contributed by atoms with E-state index in [1.807, 2.05) is 19.1 Å². The molecule has 1 aliphatic rings. The number of carboxylic acid groups (broad SMARTS) is 1. The van der Waals surface area contributed by atoms with Crippen LogP contribution in [0.4, 0.5) is 5.13 Å². The molecule has 2 unspecified atom stereocenters. The third-order valence-corrected chi connectivity index (χ3v) is 5.77. The first kappa shape index (κ1) is 19.3. The van der Waals surface area contributed by atoms with Crippen molar-refractivity contribution in [3.8, 4) is 11.3 Å². The second-order valence-electron chi connectivity index (χ2n) is 6.85. The highest BCUT2D eigenvalue weighted by atomic mass is 32.1. The number of hydrogen-bond donors (Lipinski definition) is 2. The zero-order chi connectivity index (χ0) is 19.4. The van der Waals surface area contributed by atoms with Crippen LogP contribution in [0.15, 0.2) is 36.4 Å². The zero-order valence-electron chi connectivity index (χ0n) is 15.6. The summed E-state index contributed by atoms with van der Waals surface area (Å²) in [4.78, 5) is 29.6. The normalized spacial score (nSPS) is 19.0. The van der Waals surface area contributed by atoms with Crippen LogP contribution in [0.5, 0.6) is 0 Å².